The second-order valence-corrected chi connectivity index (χ2v) is 7.05. The Hall–Kier alpha value is -1.77. The minimum absolute atomic E-state index is 0.178. The zero-order chi connectivity index (χ0) is 21.5. The Balaban J connectivity index is 0.000000189. The van der Waals surface area contributed by atoms with Gasteiger partial charge in [0.25, 0.3) is 0 Å². The van der Waals surface area contributed by atoms with Gasteiger partial charge < -0.3 is 30.6 Å². The molecule has 0 atom stereocenters. The van der Waals surface area contributed by atoms with Crippen LogP contribution in [0.2, 0.25) is 0 Å². The van der Waals surface area contributed by atoms with Crippen molar-refractivity contribution in [2.75, 3.05) is 72.6 Å². The van der Waals surface area contributed by atoms with Crippen molar-refractivity contribution in [1.82, 2.24) is 25.8 Å². The predicted molar refractivity (Wildman–Crippen MR) is 123 cm³/mol. The summed E-state index contributed by atoms with van der Waals surface area (Å²) in [6, 6.07) is 11.8. The van der Waals surface area contributed by atoms with Crippen LogP contribution < -0.4 is 16.0 Å². The fourth-order valence-electron chi connectivity index (χ4n) is 2.61. The van der Waals surface area contributed by atoms with Gasteiger partial charge >= 0.3 is 0 Å². The standard InChI is InChI=1S/C6H5F.C5H12N2.C4H9NO.C4H9N.C4H5N/c7-6-4-2-1-3-5-6;1-7-4-2-6-3-5-7;1-3-6-4-2-5-1;2*1-2-4-5-3-1/h1-5H;6H,2-5H2,1H3;5H,1-4H2;5H,1-4H2;1-5H. The molecule has 0 amide bonds. The van der Waals surface area contributed by atoms with Gasteiger partial charge in [-0.3, -0.25) is 0 Å². The maximum Gasteiger partial charge on any atom is 0.123 e. The number of aromatic amines is 1. The van der Waals surface area contributed by atoms with Crippen LogP contribution in [0.3, 0.4) is 0 Å². The first-order chi connectivity index (χ1) is 14.8. The monoisotopic (exact) mass is 421 g/mol. The number of halogens is 1. The lowest BCUT2D eigenvalue weighted by Gasteiger charge is -2.21. The summed E-state index contributed by atoms with van der Waals surface area (Å²) in [4.78, 5) is 5.19. The van der Waals surface area contributed by atoms with Gasteiger partial charge in [0.2, 0.25) is 0 Å². The predicted octanol–water partition coefficient (Wildman–Crippen LogP) is 2.34. The van der Waals surface area contributed by atoms with E-state index in [9.17, 15) is 4.39 Å². The molecule has 1 aromatic carbocycles. The van der Waals surface area contributed by atoms with Gasteiger partial charge in [-0.15, -0.1) is 0 Å². The molecule has 6 nitrogen and oxygen atoms in total. The van der Waals surface area contributed by atoms with E-state index in [1.54, 1.807) is 18.2 Å². The van der Waals surface area contributed by atoms with Gasteiger partial charge in [-0.1, -0.05) is 18.2 Å². The van der Waals surface area contributed by atoms with Crippen LogP contribution in [0.15, 0.2) is 54.9 Å². The molecule has 0 saturated carbocycles. The van der Waals surface area contributed by atoms with Crippen molar-refractivity contribution in [3.63, 3.8) is 0 Å². The number of nitrogens with one attached hydrogen (secondary N) is 4. The van der Waals surface area contributed by atoms with E-state index in [0.717, 1.165) is 39.4 Å². The zero-order valence-electron chi connectivity index (χ0n) is 18.4. The summed E-state index contributed by atoms with van der Waals surface area (Å²) in [6.45, 7) is 11.1. The van der Waals surface area contributed by atoms with Crippen molar-refractivity contribution in [1.29, 1.82) is 0 Å². The quantitative estimate of drug-likeness (QED) is 0.526. The largest absolute Gasteiger partial charge is 0.379 e. The molecule has 0 bridgehead atoms. The average Bonchev–Trinajstić information content (AvgIpc) is 3.56. The van der Waals surface area contributed by atoms with E-state index in [1.807, 2.05) is 24.5 Å². The summed E-state index contributed by atoms with van der Waals surface area (Å²) in [5.41, 5.74) is 0. The molecule has 3 aliphatic heterocycles. The first kappa shape index (κ1) is 26.3. The number of rotatable bonds is 0. The molecule has 4 heterocycles. The van der Waals surface area contributed by atoms with Gasteiger partial charge in [0.05, 0.1) is 13.2 Å². The Kier molecular flexibility index (Phi) is 17.9. The lowest BCUT2D eigenvalue weighted by atomic mass is 10.4. The molecule has 5 rings (SSSR count). The van der Waals surface area contributed by atoms with Crippen LogP contribution in [0.5, 0.6) is 0 Å². The molecule has 3 fully saturated rings. The molecule has 2 aromatic rings. The number of nitrogens with zero attached hydrogens (tertiary/aromatic N) is 1. The third-order valence-corrected chi connectivity index (χ3v) is 4.37. The Bertz CT molecular complexity index is 506. The van der Waals surface area contributed by atoms with Crippen LogP contribution in [-0.2, 0) is 4.74 Å². The second kappa shape index (κ2) is 20.5. The Morgan fingerprint density at radius 1 is 0.733 bits per heavy atom. The van der Waals surface area contributed by atoms with Crippen LogP contribution in [0.25, 0.3) is 0 Å². The van der Waals surface area contributed by atoms with Crippen molar-refractivity contribution in [2.24, 2.45) is 0 Å². The van der Waals surface area contributed by atoms with Gasteiger partial charge in [-0.05, 0) is 57.2 Å². The molecular formula is C23H40FN5O. The molecule has 0 radical (unpaired) electrons. The van der Waals surface area contributed by atoms with E-state index in [1.165, 1.54) is 51.2 Å². The second-order valence-electron chi connectivity index (χ2n) is 7.05. The summed E-state index contributed by atoms with van der Waals surface area (Å²) < 4.78 is 16.9. The van der Waals surface area contributed by atoms with Crippen LogP contribution >= 0.6 is 0 Å². The normalized spacial score (nSPS) is 18.1. The number of aromatic nitrogens is 1. The molecule has 0 spiro atoms. The fraction of sp³-hybridized carbons (Fsp3) is 0.565. The fourth-order valence-corrected chi connectivity index (χ4v) is 2.61. The van der Waals surface area contributed by atoms with Crippen LogP contribution in [-0.4, -0.2) is 82.5 Å². The summed E-state index contributed by atoms with van der Waals surface area (Å²) in [6.07, 6.45) is 6.53. The number of ether oxygens (including phenoxy) is 1. The van der Waals surface area contributed by atoms with Gasteiger partial charge in [-0.2, -0.15) is 0 Å². The lowest BCUT2D eigenvalue weighted by molar-refractivity contribution is 0.109. The Morgan fingerprint density at radius 3 is 1.50 bits per heavy atom. The van der Waals surface area contributed by atoms with E-state index in [2.05, 4.69) is 32.9 Å². The van der Waals surface area contributed by atoms with Crippen LogP contribution in [0.1, 0.15) is 12.8 Å². The molecule has 170 valence electrons. The van der Waals surface area contributed by atoms with E-state index >= 15 is 0 Å². The number of piperazine rings is 1. The van der Waals surface area contributed by atoms with Gasteiger partial charge in [0.1, 0.15) is 5.82 Å². The summed E-state index contributed by atoms with van der Waals surface area (Å²) in [7, 11) is 2.15. The number of H-pyrrole nitrogens is 1. The third-order valence-electron chi connectivity index (χ3n) is 4.37. The average molecular weight is 422 g/mol. The zero-order valence-corrected chi connectivity index (χ0v) is 18.4. The van der Waals surface area contributed by atoms with Crippen molar-refractivity contribution in [3.05, 3.63) is 60.7 Å². The highest BCUT2D eigenvalue weighted by Gasteiger charge is 2.01. The van der Waals surface area contributed by atoms with Crippen molar-refractivity contribution < 1.29 is 9.13 Å². The number of hydrogen-bond donors (Lipinski definition) is 4. The molecule has 30 heavy (non-hydrogen) atoms. The first-order valence-corrected chi connectivity index (χ1v) is 11.0. The number of morpholine rings is 1. The smallest absolute Gasteiger partial charge is 0.123 e. The summed E-state index contributed by atoms with van der Waals surface area (Å²) in [5, 5.41) is 9.66. The highest BCUT2D eigenvalue weighted by molar-refractivity contribution is 5.02. The molecule has 3 aliphatic rings. The summed E-state index contributed by atoms with van der Waals surface area (Å²) >= 11 is 0. The number of benzene rings is 1. The van der Waals surface area contributed by atoms with Crippen molar-refractivity contribution in [2.45, 2.75) is 12.8 Å². The van der Waals surface area contributed by atoms with Crippen LogP contribution in [0, 0.1) is 5.82 Å². The lowest BCUT2D eigenvalue weighted by Crippen LogP contribution is -2.40. The van der Waals surface area contributed by atoms with Crippen molar-refractivity contribution in [3.8, 4) is 0 Å². The van der Waals surface area contributed by atoms with Gasteiger partial charge in [0.15, 0.2) is 0 Å². The van der Waals surface area contributed by atoms with E-state index in [0.29, 0.717) is 0 Å². The first-order valence-electron chi connectivity index (χ1n) is 11.0. The minimum Gasteiger partial charge on any atom is -0.379 e. The Labute approximate surface area is 181 Å². The van der Waals surface area contributed by atoms with Crippen LogP contribution in [0.4, 0.5) is 4.39 Å². The molecule has 7 heteroatoms. The molecule has 0 unspecified atom stereocenters. The Morgan fingerprint density at radius 2 is 1.27 bits per heavy atom. The molecular weight excluding hydrogens is 381 g/mol. The van der Waals surface area contributed by atoms with E-state index < -0.39 is 0 Å². The highest BCUT2D eigenvalue weighted by atomic mass is 19.1. The topological polar surface area (TPSA) is 64.3 Å². The molecule has 4 N–H and O–H groups in total. The van der Waals surface area contributed by atoms with E-state index in [-0.39, 0.29) is 5.82 Å². The third kappa shape index (κ3) is 18.3. The maximum atomic E-state index is 11.9. The number of likely N-dealkylation sites (N-methyl/N-ethyl adjacent to an activating group) is 1. The van der Waals surface area contributed by atoms with Gasteiger partial charge in [-0.25, -0.2) is 4.39 Å². The highest BCUT2D eigenvalue weighted by Crippen LogP contribution is 1.92. The maximum absolute atomic E-state index is 11.9. The summed E-state index contributed by atoms with van der Waals surface area (Å²) in [5.74, 6) is -0.178. The SMILES string of the molecule is C1CCNC1.C1COCCN1.CN1CCNCC1.Fc1ccccc1.c1cc[nH]c1. The van der Waals surface area contributed by atoms with E-state index in [4.69, 9.17) is 4.74 Å². The molecule has 3 saturated heterocycles. The molecule has 1 aromatic heterocycles. The van der Waals surface area contributed by atoms with Gasteiger partial charge in [0, 0.05) is 51.7 Å². The number of hydrogen-bond acceptors (Lipinski definition) is 5. The molecule has 0 aliphatic carbocycles. The van der Waals surface area contributed by atoms with Crippen molar-refractivity contribution >= 4 is 0 Å². The minimum atomic E-state index is -0.178.